The van der Waals surface area contributed by atoms with E-state index >= 15 is 0 Å². The highest BCUT2D eigenvalue weighted by atomic mass is 35.5. The van der Waals surface area contributed by atoms with Crippen molar-refractivity contribution in [2.24, 2.45) is 10.7 Å². The van der Waals surface area contributed by atoms with E-state index in [0.717, 1.165) is 19.5 Å². The molecule has 18 heavy (non-hydrogen) atoms. The Bertz CT molecular complexity index is 479. The number of nitrogens with two attached hydrogens (primary N) is 1. The van der Waals surface area contributed by atoms with E-state index in [0.29, 0.717) is 16.5 Å². The van der Waals surface area contributed by atoms with Crippen LogP contribution in [0.1, 0.15) is 24.3 Å². The Morgan fingerprint density at radius 2 is 2.22 bits per heavy atom. The molecule has 2 atom stereocenters. The lowest BCUT2D eigenvalue weighted by atomic mass is 10.1. The first kappa shape index (κ1) is 11.8. The van der Waals surface area contributed by atoms with Crippen molar-refractivity contribution >= 4 is 17.6 Å². The molecule has 1 saturated carbocycles. The highest BCUT2D eigenvalue weighted by molar-refractivity contribution is 6.31. The maximum atomic E-state index is 13.7. The Morgan fingerprint density at radius 3 is 2.83 bits per heavy atom. The monoisotopic (exact) mass is 267 g/mol. The fraction of sp³-hybridized carbons (Fsp3) is 0.462. The number of nitrogens with zero attached hydrogens (tertiary/aromatic N) is 2. The zero-order chi connectivity index (χ0) is 12.7. The molecule has 0 bridgehead atoms. The van der Waals surface area contributed by atoms with E-state index in [2.05, 4.69) is 4.99 Å². The summed E-state index contributed by atoms with van der Waals surface area (Å²) in [6, 6.07) is 4.87. The minimum absolute atomic E-state index is 0.0820. The van der Waals surface area contributed by atoms with Crippen LogP contribution in [-0.2, 0) is 0 Å². The Hall–Kier alpha value is -1.29. The predicted octanol–water partition coefficient (Wildman–Crippen LogP) is 2.36. The molecular formula is C13H15ClFN3. The van der Waals surface area contributed by atoms with E-state index in [-0.39, 0.29) is 17.8 Å². The number of hydrogen-bond acceptors (Lipinski definition) is 1. The van der Waals surface area contributed by atoms with Crippen LogP contribution in [-0.4, -0.2) is 30.0 Å². The van der Waals surface area contributed by atoms with E-state index in [4.69, 9.17) is 17.3 Å². The summed E-state index contributed by atoms with van der Waals surface area (Å²) >= 11 is 6.04. The molecule has 1 aliphatic carbocycles. The van der Waals surface area contributed by atoms with Crippen molar-refractivity contribution in [2.45, 2.75) is 24.8 Å². The van der Waals surface area contributed by atoms with Crippen molar-refractivity contribution in [3.63, 3.8) is 0 Å². The van der Waals surface area contributed by atoms with E-state index < -0.39 is 0 Å². The van der Waals surface area contributed by atoms with Crippen LogP contribution >= 0.6 is 11.6 Å². The first-order valence-corrected chi connectivity index (χ1v) is 6.56. The normalized spacial score (nSPS) is 27.0. The highest BCUT2D eigenvalue weighted by Crippen LogP contribution is 2.47. The predicted molar refractivity (Wildman–Crippen MR) is 70.4 cm³/mol. The molecule has 0 radical (unpaired) electrons. The van der Waals surface area contributed by atoms with Gasteiger partial charge in [-0.1, -0.05) is 17.7 Å². The second-order valence-electron chi connectivity index (χ2n) is 4.87. The molecule has 2 aliphatic rings. The lowest BCUT2D eigenvalue weighted by molar-refractivity contribution is 0.295. The quantitative estimate of drug-likeness (QED) is 0.660. The second kappa shape index (κ2) is 4.43. The molecular weight excluding hydrogens is 253 g/mol. The second-order valence-corrected chi connectivity index (χ2v) is 5.28. The summed E-state index contributed by atoms with van der Waals surface area (Å²) in [7, 11) is 0. The average molecular weight is 268 g/mol. The van der Waals surface area contributed by atoms with Crippen LogP contribution in [0, 0.1) is 5.82 Å². The first-order chi connectivity index (χ1) is 8.66. The smallest absolute Gasteiger partial charge is 0.191 e. The topological polar surface area (TPSA) is 41.6 Å². The third-order valence-corrected chi connectivity index (χ3v) is 3.93. The van der Waals surface area contributed by atoms with Gasteiger partial charge in [-0.2, -0.15) is 0 Å². The van der Waals surface area contributed by atoms with Gasteiger partial charge in [-0.25, -0.2) is 9.38 Å². The van der Waals surface area contributed by atoms with E-state index in [1.807, 2.05) is 4.90 Å². The Kier molecular flexibility index (Phi) is 2.90. The zero-order valence-corrected chi connectivity index (χ0v) is 10.7. The van der Waals surface area contributed by atoms with E-state index in [1.54, 1.807) is 12.1 Å². The summed E-state index contributed by atoms with van der Waals surface area (Å²) in [6.07, 6.45) is 2.00. The first-order valence-electron chi connectivity index (χ1n) is 6.19. The molecule has 0 aromatic heterocycles. The molecule has 1 aromatic carbocycles. The fourth-order valence-electron chi connectivity index (χ4n) is 2.30. The lowest BCUT2D eigenvalue weighted by Crippen LogP contribution is -2.46. The molecule has 0 unspecified atom stereocenters. The van der Waals surface area contributed by atoms with Crippen LogP contribution in [0.2, 0.25) is 5.02 Å². The van der Waals surface area contributed by atoms with Crippen molar-refractivity contribution in [3.05, 3.63) is 34.6 Å². The SMILES string of the molecule is NC(=N[C@@H]1C[C@H]1c1c(F)cccc1Cl)N1CCC1. The van der Waals surface area contributed by atoms with Crippen LogP contribution in [0.25, 0.3) is 0 Å². The minimum atomic E-state index is -0.243. The lowest BCUT2D eigenvalue weighted by Gasteiger charge is -2.31. The molecule has 3 rings (SSSR count). The third kappa shape index (κ3) is 2.05. The van der Waals surface area contributed by atoms with Crippen LogP contribution in [0.4, 0.5) is 4.39 Å². The molecule has 1 aromatic rings. The maximum absolute atomic E-state index is 13.7. The number of benzene rings is 1. The Morgan fingerprint density at radius 1 is 1.44 bits per heavy atom. The van der Waals surface area contributed by atoms with E-state index in [1.165, 1.54) is 12.5 Å². The van der Waals surface area contributed by atoms with Gasteiger partial charge in [0.15, 0.2) is 5.96 Å². The molecule has 2 N–H and O–H groups in total. The number of guanidine groups is 1. The Labute approximate surface area is 110 Å². The van der Waals surface area contributed by atoms with Crippen LogP contribution in [0.15, 0.2) is 23.2 Å². The van der Waals surface area contributed by atoms with Gasteiger partial charge >= 0.3 is 0 Å². The standard InChI is InChI=1S/C13H15ClFN3/c14-9-3-1-4-10(15)12(9)8-7-11(8)17-13(16)18-5-2-6-18/h1,3-4,8,11H,2,5-7H2,(H2,16,17)/t8-,11-/m1/s1. The van der Waals surface area contributed by atoms with Crippen molar-refractivity contribution in [1.82, 2.24) is 4.90 Å². The molecule has 96 valence electrons. The van der Waals surface area contributed by atoms with Gasteiger partial charge in [-0.15, -0.1) is 0 Å². The largest absolute Gasteiger partial charge is 0.370 e. The molecule has 0 spiro atoms. The molecule has 1 saturated heterocycles. The maximum Gasteiger partial charge on any atom is 0.191 e. The van der Waals surface area contributed by atoms with Gasteiger partial charge < -0.3 is 10.6 Å². The zero-order valence-electron chi connectivity index (χ0n) is 9.94. The highest BCUT2D eigenvalue weighted by Gasteiger charge is 2.42. The van der Waals surface area contributed by atoms with Gasteiger partial charge in [0.2, 0.25) is 0 Å². The van der Waals surface area contributed by atoms with Gasteiger partial charge in [0, 0.05) is 29.6 Å². The molecule has 1 heterocycles. The van der Waals surface area contributed by atoms with Crippen LogP contribution < -0.4 is 5.73 Å². The van der Waals surface area contributed by atoms with Gasteiger partial charge in [-0.05, 0) is 25.0 Å². The molecule has 1 aliphatic heterocycles. The molecule has 3 nitrogen and oxygen atoms in total. The van der Waals surface area contributed by atoms with Crippen molar-refractivity contribution < 1.29 is 4.39 Å². The fourth-order valence-corrected chi connectivity index (χ4v) is 2.60. The summed E-state index contributed by atoms with van der Waals surface area (Å²) in [5, 5.41) is 0.486. The summed E-state index contributed by atoms with van der Waals surface area (Å²) in [4.78, 5) is 6.49. The van der Waals surface area contributed by atoms with Gasteiger partial charge in [0.1, 0.15) is 5.82 Å². The number of rotatable bonds is 2. The van der Waals surface area contributed by atoms with Gasteiger partial charge in [0.05, 0.1) is 6.04 Å². The summed E-state index contributed by atoms with van der Waals surface area (Å²) < 4.78 is 13.7. The number of likely N-dealkylation sites (tertiary alicyclic amines) is 1. The van der Waals surface area contributed by atoms with Crippen LogP contribution in [0.3, 0.4) is 0 Å². The van der Waals surface area contributed by atoms with Crippen molar-refractivity contribution in [1.29, 1.82) is 0 Å². The number of aliphatic imine (C=N–C) groups is 1. The van der Waals surface area contributed by atoms with Crippen molar-refractivity contribution in [2.75, 3.05) is 13.1 Å². The molecule has 0 amide bonds. The average Bonchev–Trinajstić information content (AvgIpc) is 2.93. The molecule has 2 fully saturated rings. The number of halogens is 2. The Balaban J connectivity index is 1.74. The minimum Gasteiger partial charge on any atom is -0.370 e. The molecule has 5 heteroatoms. The van der Waals surface area contributed by atoms with Crippen molar-refractivity contribution in [3.8, 4) is 0 Å². The van der Waals surface area contributed by atoms with Crippen LogP contribution in [0.5, 0.6) is 0 Å². The summed E-state index contributed by atoms with van der Waals surface area (Å²) in [5.74, 6) is 0.424. The van der Waals surface area contributed by atoms with Gasteiger partial charge in [0.25, 0.3) is 0 Å². The summed E-state index contributed by atoms with van der Waals surface area (Å²) in [5.41, 5.74) is 6.47. The third-order valence-electron chi connectivity index (χ3n) is 3.61. The van der Waals surface area contributed by atoms with Gasteiger partial charge in [-0.3, -0.25) is 0 Å². The van der Waals surface area contributed by atoms with E-state index in [9.17, 15) is 4.39 Å². The number of hydrogen-bond donors (Lipinski definition) is 1. The summed E-state index contributed by atoms with van der Waals surface area (Å²) in [6.45, 7) is 1.96.